The first-order valence-electron chi connectivity index (χ1n) is 4.45. The molecule has 0 unspecified atom stereocenters. The molecule has 0 aliphatic carbocycles. The summed E-state index contributed by atoms with van der Waals surface area (Å²) < 4.78 is 0. The van der Waals surface area contributed by atoms with Gasteiger partial charge in [0, 0.05) is 17.0 Å². The van der Waals surface area contributed by atoms with Crippen molar-refractivity contribution in [3.63, 3.8) is 0 Å². The van der Waals surface area contributed by atoms with Crippen molar-refractivity contribution < 1.29 is 0 Å². The Labute approximate surface area is 82.4 Å². The number of nitrogens with one attached hydrogen (secondary N) is 1. The molecule has 4 nitrogen and oxygen atoms in total. The highest BCUT2D eigenvalue weighted by atomic mass is 15.1. The van der Waals surface area contributed by atoms with Crippen LogP contribution in [-0.4, -0.2) is 13.3 Å². The number of fused-ring (bicyclic) bond motifs is 1. The Morgan fingerprint density at radius 2 is 2.29 bits per heavy atom. The topological polar surface area (TPSA) is 60.8 Å². The average molecular weight is 184 g/mol. The van der Waals surface area contributed by atoms with Crippen LogP contribution in [0.2, 0.25) is 0 Å². The Bertz CT molecular complexity index is 409. The smallest absolute Gasteiger partial charge is 0.284 e. The Morgan fingerprint density at radius 3 is 3.14 bits per heavy atom. The van der Waals surface area contributed by atoms with Gasteiger partial charge in [-0.15, -0.1) is 0 Å². The predicted octanol–water partition coefficient (Wildman–Crippen LogP) is 2.51. The first-order valence-corrected chi connectivity index (χ1v) is 4.45. The van der Waals surface area contributed by atoms with Crippen LogP contribution in [0.25, 0.3) is 16.5 Å². The second kappa shape index (κ2) is 3.90. The van der Waals surface area contributed by atoms with Crippen LogP contribution in [0.3, 0.4) is 0 Å². The highest BCUT2D eigenvalue weighted by molar-refractivity contribution is 6.69. The molecular weight excluding hydrogens is 175 g/mol. The largest absolute Gasteiger partial charge is 0.424 e. The van der Waals surface area contributed by atoms with Crippen LogP contribution in [0.4, 0.5) is 5.69 Å². The molecule has 0 saturated carbocycles. The average Bonchev–Trinajstić information content (AvgIpc) is 2.26. The SMILES string of the molecule is [N-]=[N+]=NCB1C=Cc2ccccc2N1. The zero-order chi connectivity index (χ0) is 9.80. The maximum Gasteiger partial charge on any atom is 0.284 e. The van der Waals surface area contributed by atoms with Gasteiger partial charge in [-0.1, -0.05) is 35.4 Å². The number of azide groups is 1. The van der Waals surface area contributed by atoms with E-state index in [1.54, 1.807) is 0 Å². The van der Waals surface area contributed by atoms with Gasteiger partial charge in [-0.25, -0.2) is 0 Å². The standard InChI is InChI=1S/C9H9BN4/c11-14-12-7-10-6-5-8-3-1-2-4-9(8)13-10/h1-6,13H,7H2. The molecule has 68 valence electrons. The van der Waals surface area contributed by atoms with E-state index >= 15 is 0 Å². The second-order valence-electron chi connectivity index (χ2n) is 3.11. The molecule has 1 aliphatic heterocycles. The number of rotatable bonds is 2. The van der Waals surface area contributed by atoms with Crippen molar-refractivity contribution in [3.8, 4) is 0 Å². The zero-order valence-electron chi connectivity index (χ0n) is 7.59. The zero-order valence-corrected chi connectivity index (χ0v) is 7.59. The van der Waals surface area contributed by atoms with Crippen LogP contribution in [0.15, 0.2) is 35.4 Å². The minimum absolute atomic E-state index is 0.112. The molecule has 1 aliphatic rings. The van der Waals surface area contributed by atoms with Gasteiger partial charge in [-0.05, 0) is 17.2 Å². The molecule has 0 amide bonds. The van der Waals surface area contributed by atoms with Crippen molar-refractivity contribution in [3.05, 3.63) is 46.2 Å². The van der Waals surface area contributed by atoms with Gasteiger partial charge in [0.2, 0.25) is 0 Å². The maximum atomic E-state index is 8.20. The molecule has 0 aromatic heterocycles. The molecule has 1 aromatic carbocycles. The number of anilines is 1. The minimum atomic E-state index is 0.112. The monoisotopic (exact) mass is 184 g/mol. The molecule has 0 atom stereocenters. The van der Waals surface area contributed by atoms with Gasteiger partial charge in [-0.2, -0.15) is 0 Å². The lowest BCUT2D eigenvalue weighted by atomic mass is 9.60. The fourth-order valence-corrected chi connectivity index (χ4v) is 1.47. The number of hydrogen-bond acceptors (Lipinski definition) is 2. The Hall–Kier alpha value is -1.87. The van der Waals surface area contributed by atoms with Gasteiger partial charge in [0.25, 0.3) is 6.85 Å². The van der Waals surface area contributed by atoms with Gasteiger partial charge in [0.15, 0.2) is 0 Å². The lowest BCUT2D eigenvalue weighted by molar-refractivity contribution is 1.28. The molecular formula is C9H9BN4. The van der Waals surface area contributed by atoms with E-state index in [0.29, 0.717) is 6.44 Å². The van der Waals surface area contributed by atoms with E-state index < -0.39 is 0 Å². The Kier molecular flexibility index (Phi) is 2.43. The van der Waals surface area contributed by atoms with E-state index in [1.165, 1.54) is 5.56 Å². The van der Waals surface area contributed by atoms with Crippen molar-refractivity contribution in [2.45, 2.75) is 0 Å². The van der Waals surface area contributed by atoms with Crippen LogP contribution >= 0.6 is 0 Å². The molecule has 0 bridgehead atoms. The molecule has 1 heterocycles. The summed E-state index contributed by atoms with van der Waals surface area (Å²) in [6.07, 6.45) is 2.49. The summed E-state index contributed by atoms with van der Waals surface area (Å²) in [6, 6.07) is 8.04. The third-order valence-electron chi connectivity index (χ3n) is 2.15. The Balaban J connectivity index is 2.17. The van der Waals surface area contributed by atoms with E-state index in [0.717, 1.165) is 5.69 Å². The fourth-order valence-electron chi connectivity index (χ4n) is 1.47. The van der Waals surface area contributed by atoms with Gasteiger partial charge >= 0.3 is 0 Å². The van der Waals surface area contributed by atoms with E-state index in [2.05, 4.69) is 15.3 Å². The van der Waals surface area contributed by atoms with Crippen LogP contribution < -0.4 is 5.23 Å². The molecule has 1 aromatic rings. The summed E-state index contributed by atoms with van der Waals surface area (Å²) in [5.41, 5.74) is 10.5. The van der Waals surface area contributed by atoms with Crippen molar-refractivity contribution >= 4 is 18.6 Å². The van der Waals surface area contributed by atoms with Gasteiger partial charge in [0.1, 0.15) is 0 Å². The highest BCUT2D eigenvalue weighted by Gasteiger charge is 2.14. The number of benzene rings is 1. The summed E-state index contributed by atoms with van der Waals surface area (Å²) >= 11 is 0. The summed E-state index contributed by atoms with van der Waals surface area (Å²) in [4.78, 5) is 2.74. The summed E-state index contributed by atoms with van der Waals surface area (Å²) in [5.74, 6) is 2.01. The van der Waals surface area contributed by atoms with E-state index in [4.69, 9.17) is 5.53 Å². The summed E-state index contributed by atoms with van der Waals surface area (Å²) in [7, 11) is 0. The van der Waals surface area contributed by atoms with Crippen LogP contribution in [-0.2, 0) is 0 Å². The quantitative estimate of drug-likeness (QED) is 0.326. The second-order valence-corrected chi connectivity index (χ2v) is 3.11. The lowest BCUT2D eigenvalue weighted by Gasteiger charge is -2.17. The number of nitrogens with zero attached hydrogens (tertiary/aromatic N) is 3. The van der Waals surface area contributed by atoms with E-state index in [1.807, 2.05) is 36.3 Å². The molecule has 2 rings (SSSR count). The molecule has 0 saturated heterocycles. The first-order chi connectivity index (χ1) is 6.90. The Morgan fingerprint density at radius 1 is 1.43 bits per heavy atom. The summed E-state index contributed by atoms with van der Waals surface area (Å²) in [5, 5.41) is 6.82. The van der Waals surface area contributed by atoms with E-state index in [-0.39, 0.29) is 6.85 Å². The normalized spacial score (nSPS) is 12.7. The molecule has 0 spiro atoms. The van der Waals surface area contributed by atoms with Crippen molar-refractivity contribution in [2.75, 3.05) is 11.7 Å². The van der Waals surface area contributed by atoms with Gasteiger partial charge in [-0.3, -0.25) is 0 Å². The third kappa shape index (κ3) is 1.73. The maximum absolute atomic E-state index is 8.20. The first kappa shape index (κ1) is 8.72. The highest BCUT2D eigenvalue weighted by Crippen LogP contribution is 2.20. The number of para-hydroxylation sites is 1. The van der Waals surface area contributed by atoms with Crippen molar-refractivity contribution in [1.29, 1.82) is 0 Å². The third-order valence-corrected chi connectivity index (χ3v) is 2.15. The fraction of sp³-hybridized carbons (Fsp3) is 0.111. The molecule has 1 N–H and O–H groups in total. The van der Waals surface area contributed by atoms with Crippen molar-refractivity contribution in [1.82, 2.24) is 0 Å². The van der Waals surface area contributed by atoms with Crippen molar-refractivity contribution in [2.24, 2.45) is 5.11 Å². The van der Waals surface area contributed by atoms with Gasteiger partial charge < -0.3 is 5.23 Å². The van der Waals surface area contributed by atoms with Crippen LogP contribution in [0.5, 0.6) is 0 Å². The van der Waals surface area contributed by atoms with Gasteiger partial charge in [0.05, 0.1) is 0 Å². The molecule has 14 heavy (non-hydrogen) atoms. The predicted molar refractivity (Wildman–Crippen MR) is 58.9 cm³/mol. The van der Waals surface area contributed by atoms with E-state index in [9.17, 15) is 0 Å². The van der Waals surface area contributed by atoms with Crippen LogP contribution in [0, 0.1) is 0 Å². The van der Waals surface area contributed by atoms with Crippen LogP contribution in [0.1, 0.15) is 5.56 Å². The molecule has 5 heteroatoms. The summed E-state index contributed by atoms with van der Waals surface area (Å²) in [6.45, 7) is 0.112. The number of hydrogen-bond donors (Lipinski definition) is 1. The lowest BCUT2D eigenvalue weighted by Crippen LogP contribution is -2.28. The minimum Gasteiger partial charge on any atom is -0.424 e. The molecule has 0 fully saturated rings. The molecule has 0 radical (unpaired) electrons.